The normalized spacial score (nSPS) is 20.0. The molecule has 3 rings (SSSR count). The number of hydrogen-bond acceptors (Lipinski definition) is 4. The average molecular weight is 340 g/mol. The maximum atomic E-state index is 12.5. The number of methoxy groups -OCH3 is 1. The molecule has 1 fully saturated rings. The minimum atomic E-state index is 0.0127. The van der Waals surface area contributed by atoms with Gasteiger partial charge in [-0.05, 0) is 37.5 Å². The van der Waals surface area contributed by atoms with E-state index in [1.165, 1.54) is 0 Å². The van der Waals surface area contributed by atoms with Gasteiger partial charge in [0.15, 0.2) is 0 Å². The number of carbonyl (C=O) groups excluding carboxylic acids is 1. The van der Waals surface area contributed by atoms with Crippen molar-refractivity contribution >= 4 is 11.6 Å². The Balaban J connectivity index is 1.56. The van der Waals surface area contributed by atoms with E-state index in [-0.39, 0.29) is 17.9 Å². The van der Waals surface area contributed by atoms with Gasteiger partial charge in [0.2, 0.25) is 5.91 Å². The molecule has 1 amide bonds. The fourth-order valence-corrected chi connectivity index (χ4v) is 3.16. The van der Waals surface area contributed by atoms with E-state index < -0.39 is 0 Å². The number of rotatable bonds is 6. The van der Waals surface area contributed by atoms with Crippen LogP contribution >= 0.6 is 0 Å². The van der Waals surface area contributed by atoms with Crippen molar-refractivity contribution in [1.82, 2.24) is 4.98 Å². The number of carbonyl (C=O) groups is 1. The molecule has 2 atom stereocenters. The zero-order valence-corrected chi connectivity index (χ0v) is 14.5. The topological polar surface area (TPSA) is 60.5 Å². The first-order chi connectivity index (χ1) is 12.2. The number of aromatic nitrogens is 1. The lowest BCUT2D eigenvalue weighted by Crippen LogP contribution is -2.30. The molecule has 1 aliphatic rings. The SMILES string of the molecule is COC1CCCC(C(=O)Nc2cccc(OCc3cccnc3)c2)C1. The zero-order valence-electron chi connectivity index (χ0n) is 14.5. The Morgan fingerprint density at radius 1 is 1.28 bits per heavy atom. The van der Waals surface area contributed by atoms with Crippen LogP contribution in [0, 0.1) is 5.92 Å². The lowest BCUT2D eigenvalue weighted by Gasteiger charge is -2.27. The predicted molar refractivity (Wildman–Crippen MR) is 96.4 cm³/mol. The van der Waals surface area contributed by atoms with Gasteiger partial charge in [-0.25, -0.2) is 0 Å². The highest BCUT2D eigenvalue weighted by molar-refractivity contribution is 5.92. The van der Waals surface area contributed by atoms with Crippen LogP contribution in [0.3, 0.4) is 0 Å². The molecule has 5 nitrogen and oxygen atoms in total. The first-order valence-electron chi connectivity index (χ1n) is 8.70. The second-order valence-corrected chi connectivity index (χ2v) is 6.39. The van der Waals surface area contributed by atoms with Crippen LogP contribution in [0.15, 0.2) is 48.8 Å². The molecule has 0 bridgehead atoms. The molecule has 0 saturated heterocycles. The number of nitrogens with one attached hydrogen (secondary N) is 1. The first-order valence-corrected chi connectivity index (χ1v) is 8.70. The summed E-state index contributed by atoms with van der Waals surface area (Å²) in [7, 11) is 1.72. The van der Waals surface area contributed by atoms with E-state index in [0.29, 0.717) is 6.61 Å². The second-order valence-electron chi connectivity index (χ2n) is 6.39. The fourth-order valence-electron chi connectivity index (χ4n) is 3.16. The van der Waals surface area contributed by atoms with Crippen molar-refractivity contribution in [1.29, 1.82) is 0 Å². The van der Waals surface area contributed by atoms with Crippen LogP contribution in [-0.2, 0) is 16.1 Å². The smallest absolute Gasteiger partial charge is 0.227 e. The Morgan fingerprint density at radius 2 is 2.20 bits per heavy atom. The van der Waals surface area contributed by atoms with Crippen LogP contribution in [0.4, 0.5) is 5.69 Å². The van der Waals surface area contributed by atoms with Crippen LogP contribution in [0.1, 0.15) is 31.2 Å². The van der Waals surface area contributed by atoms with E-state index in [4.69, 9.17) is 9.47 Å². The first kappa shape index (κ1) is 17.4. The summed E-state index contributed by atoms with van der Waals surface area (Å²) in [4.78, 5) is 16.6. The third kappa shape index (κ3) is 5.03. The van der Waals surface area contributed by atoms with Gasteiger partial charge >= 0.3 is 0 Å². The summed E-state index contributed by atoms with van der Waals surface area (Å²) in [6.07, 6.45) is 7.49. The van der Waals surface area contributed by atoms with Crippen LogP contribution in [-0.4, -0.2) is 24.1 Å². The monoisotopic (exact) mass is 340 g/mol. The Morgan fingerprint density at radius 3 is 3.00 bits per heavy atom. The van der Waals surface area contributed by atoms with Crippen molar-refractivity contribution in [3.8, 4) is 5.75 Å². The zero-order chi connectivity index (χ0) is 17.5. The molecular weight excluding hydrogens is 316 g/mol. The molecule has 1 saturated carbocycles. The molecule has 1 aliphatic carbocycles. The minimum absolute atomic E-state index is 0.0127. The molecule has 132 valence electrons. The lowest BCUT2D eigenvalue weighted by molar-refractivity contribution is -0.122. The van der Waals surface area contributed by atoms with Crippen molar-refractivity contribution < 1.29 is 14.3 Å². The van der Waals surface area contributed by atoms with Gasteiger partial charge in [-0.2, -0.15) is 0 Å². The largest absolute Gasteiger partial charge is 0.489 e. The predicted octanol–water partition coefficient (Wildman–Crippen LogP) is 3.80. The Labute approximate surface area is 148 Å². The molecule has 2 aromatic rings. The molecular formula is C20H24N2O3. The van der Waals surface area contributed by atoms with Crippen molar-refractivity contribution in [2.75, 3.05) is 12.4 Å². The molecule has 1 N–H and O–H groups in total. The molecule has 0 aliphatic heterocycles. The maximum Gasteiger partial charge on any atom is 0.227 e. The molecule has 1 heterocycles. The van der Waals surface area contributed by atoms with Gasteiger partial charge in [0, 0.05) is 42.7 Å². The van der Waals surface area contributed by atoms with Crippen LogP contribution in [0.25, 0.3) is 0 Å². The fraction of sp³-hybridized carbons (Fsp3) is 0.400. The van der Waals surface area contributed by atoms with Crippen LogP contribution in [0.5, 0.6) is 5.75 Å². The molecule has 2 unspecified atom stereocenters. The van der Waals surface area contributed by atoms with E-state index in [1.54, 1.807) is 19.5 Å². The Hall–Kier alpha value is -2.40. The van der Waals surface area contributed by atoms with Crippen molar-refractivity contribution in [2.24, 2.45) is 5.92 Å². The van der Waals surface area contributed by atoms with E-state index in [2.05, 4.69) is 10.3 Å². The average Bonchev–Trinajstić information content (AvgIpc) is 2.67. The van der Waals surface area contributed by atoms with E-state index in [1.807, 2.05) is 36.4 Å². The van der Waals surface area contributed by atoms with Gasteiger partial charge in [0.25, 0.3) is 0 Å². The molecule has 5 heteroatoms. The molecule has 0 radical (unpaired) electrons. The third-order valence-corrected chi connectivity index (χ3v) is 4.56. The van der Waals surface area contributed by atoms with E-state index in [0.717, 1.165) is 42.7 Å². The summed E-state index contributed by atoms with van der Waals surface area (Å²) in [5.74, 6) is 0.796. The summed E-state index contributed by atoms with van der Waals surface area (Å²) in [6.45, 7) is 0.448. The van der Waals surface area contributed by atoms with Gasteiger partial charge < -0.3 is 14.8 Å². The van der Waals surface area contributed by atoms with Crippen LogP contribution < -0.4 is 10.1 Å². The van der Waals surface area contributed by atoms with Crippen molar-refractivity contribution in [2.45, 2.75) is 38.4 Å². The summed E-state index contributed by atoms with van der Waals surface area (Å²) >= 11 is 0. The van der Waals surface area contributed by atoms with Crippen LogP contribution in [0.2, 0.25) is 0 Å². The molecule has 25 heavy (non-hydrogen) atoms. The molecule has 0 spiro atoms. The standard InChI is InChI=1S/C20H24N2O3/c1-24-18-8-2-6-16(11-18)20(23)22-17-7-3-9-19(12-17)25-14-15-5-4-10-21-13-15/h3-5,7,9-10,12-13,16,18H,2,6,8,11,14H2,1H3,(H,22,23). The second kappa shape index (κ2) is 8.62. The Bertz CT molecular complexity index is 690. The molecule has 1 aromatic heterocycles. The number of ether oxygens (including phenoxy) is 2. The quantitative estimate of drug-likeness (QED) is 0.869. The van der Waals surface area contributed by atoms with Crippen molar-refractivity contribution in [3.63, 3.8) is 0 Å². The lowest BCUT2D eigenvalue weighted by atomic mass is 9.86. The minimum Gasteiger partial charge on any atom is -0.489 e. The van der Waals surface area contributed by atoms with Gasteiger partial charge in [0.05, 0.1) is 6.10 Å². The summed E-state index contributed by atoms with van der Waals surface area (Å²) in [6, 6.07) is 11.3. The Kier molecular flexibility index (Phi) is 6.01. The number of benzene rings is 1. The maximum absolute atomic E-state index is 12.5. The van der Waals surface area contributed by atoms with Gasteiger partial charge in [0.1, 0.15) is 12.4 Å². The highest BCUT2D eigenvalue weighted by atomic mass is 16.5. The summed E-state index contributed by atoms with van der Waals surface area (Å²) < 4.78 is 11.2. The highest BCUT2D eigenvalue weighted by Gasteiger charge is 2.27. The van der Waals surface area contributed by atoms with Gasteiger partial charge in [-0.1, -0.05) is 18.6 Å². The highest BCUT2D eigenvalue weighted by Crippen LogP contribution is 2.27. The van der Waals surface area contributed by atoms with E-state index >= 15 is 0 Å². The van der Waals surface area contributed by atoms with Gasteiger partial charge in [-0.15, -0.1) is 0 Å². The number of hydrogen-bond donors (Lipinski definition) is 1. The summed E-state index contributed by atoms with van der Waals surface area (Å²) in [5, 5.41) is 3.01. The number of amides is 1. The van der Waals surface area contributed by atoms with Crippen molar-refractivity contribution in [3.05, 3.63) is 54.4 Å². The summed E-state index contributed by atoms with van der Waals surface area (Å²) in [5.41, 5.74) is 1.76. The van der Waals surface area contributed by atoms with Gasteiger partial charge in [-0.3, -0.25) is 9.78 Å². The molecule has 1 aromatic carbocycles. The van der Waals surface area contributed by atoms with E-state index in [9.17, 15) is 4.79 Å². The number of pyridine rings is 1. The number of nitrogens with zero attached hydrogens (tertiary/aromatic N) is 1. The third-order valence-electron chi connectivity index (χ3n) is 4.56. The number of anilines is 1.